The predicted molar refractivity (Wildman–Crippen MR) is 99.3 cm³/mol. The Kier molecular flexibility index (Phi) is 4.84. The number of thioether (sulfide) groups is 1. The van der Waals surface area contributed by atoms with E-state index in [1.807, 2.05) is 44.4 Å². The number of carbonyl (C=O) groups excluding carboxylic acids is 1. The normalized spacial score (nSPS) is 17.2. The van der Waals surface area contributed by atoms with Crippen LogP contribution < -0.4 is 0 Å². The maximum absolute atomic E-state index is 12.5. The van der Waals surface area contributed by atoms with Crippen molar-refractivity contribution in [3.63, 3.8) is 0 Å². The number of rotatable bonds is 5. The SMILES string of the molecule is CN(C)CCCN1C(=O)C(=Cc2cc3ccccc3o2)SC1=S. The van der Waals surface area contributed by atoms with Crippen LogP contribution in [0.2, 0.25) is 0 Å². The number of fused-ring (bicyclic) bond motifs is 1. The first-order valence-electron chi connectivity index (χ1n) is 7.43. The van der Waals surface area contributed by atoms with Gasteiger partial charge in [-0.1, -0.05) is 42.2 Å². The van der Waals surface area contributed by atoms with Gasteiger partial charge in [0.25, 0.3) is 5.91 Å². The average Bonchev–Trinajstić information content (AvgIpc) is 3.02. The number of thiocarbonyl (C=S) groups is 1. The Bertz CT molecular complexity index is 747. The molecule has 1 aromatic carbocycles. The summed E-state index contributed by atoms with van der Waals surface area (Å²) in [5.41, 5.74) is 0.820. The molecule has 1 aliphatic rings. The van der Waals surface area contributed by atoms with Crippen LogP contribution in [0, 0.1) is 0 Å². The highest BCUT2D eigenvalue weighted by Gasteiger charge is 2.31. The predicted octanol–water partition coefficient (Wildman–Crippen LogP) is 3.59. The highest BCUT2D eigenvalue weighted by Crippen LogP contribution is 2.33. The standard InChI is InChI=1S/C17H18N2O2S2/c1-18(2)8-5-9-19-16(20)15(23-17(19)22)11-13-10-12-6-3-4-7-14(12)21-13/h3-4,6-7,10-11H,5,8-9H2,1-2H3. The minimum atomic E-state index is -0.0285. The Morgan fingerprint density at radius 2 is 2.13 bits per heavy atom. The van der Waals surface area contributed by atoms with Gasteiger partial charge >= 0.3 is 0 Å². The molecule has 6 heteroatoms. The van der Waals surface area contributed by atoms with E-state index < -0.39 is 0 Å². The minimum absolute atomic E-state index is 0.0285. The first kappa shape index (κ1) is 16.2. The van der Waals surface area contributed by atoms with E-state index in [2.05, 4.69) is 4.90 Å². The largest absolute Gasteiger partial charge is 0.457 e. The molecule has 0 atom stereocenters. The molecule has 1 aliphatic heterocycles. The first-order chi connectivity index (χ1) is 11.0. The van der Waals surface area contributed by atoms with Crippen molar-refractivity contribution >= 4 is 51.3 Å². The van der Waals surface area contributed by atoms with Crippen LogP contribution in [-0.4, -0.2) is 47.2 Å². The summed E-state index contributed by atoms with van der Waals surface area (Å²) in [5.74, 6) is 0.652. The number of amides is 1. The van der Waals surface area contributed by atoms with Gasteiger partial charge in [-0.2, -0.15) is 0 Å². The Morgan fingerprint density at radius 1 is 1.35 bits per heavy atom. The molecule has 3 rings (SSSR count). The number of nitrogens with zero attached hydrogens (tertiary/aromatic N) is 2. The smallest absolute Gasteiger partial charge is 0.266 e. The summed E-state index contributed by atoms with van der Waals surface area (Å²) in [5, 5.41) is 1.03. The van der Waals surface area contributed by atoms with E-state index in [0.29, 0.717) is 21.5 Å². The highest BCUT2D eigenvalue weighted by atomic mass is 32.2. The fraction of sp³-hybridized carbons (Fsp3) is 0.294. The maximum atomic E-state index is 12.5. The van der Waals surface area contributed by atoms with Gasteiger partial charge in [0.15, 0.2) is 0 Å². The molecule has 0 unspecified atom stereocenters. The Balaban J connectivity index is 1.75. The Morgan fingerprint density at radius 3 is 2.87 bits per heavy atom. The molecule has 0 bridgehead atoms. The topological polar surface area (TPSA) is 36.7 Å². The van der Waals surface area contributed by atoms with Crippen LogP contribution >= 0.6 is 24.0 Å². The van der Waals surface area contributed by atoms with E-state index in [4.69, 9.17) is 16.6 Å². The lowest BCUT2D eigenvalue weighted by atomic mass is 10.2. The lowest BCUT2D eigenvalue weighted by molar-refractivity contribution is -0.122. The van der Waals surface area contributed by atoms with Crippen molar-refractivity contribution in [2.75, 3.05) is 27.2 Å². The third-order valence-electron chi connectivity index (χ3n) is 3.58. The molecular formula is C17H18N2O2S2. The Labute approximate surface area is 145 Å². The number of hydrogen-bond donors (Lipinski definition) is 0. The van der Waals surface area contributed by atoms with Crippen molar-refractivity contribution in [2.24, 2.45) is 0 Å². The van der Waals surface area contributed by atoms with Crippen molar-refractivity contribution in [1.82, 2.24) is 9.80 Å². The average molecular weight is 346 g/mol. The van der Waals surface area contributed by atoms with Gasteiger partial charge in [0, 0.05) is 18.0 Å². The molecule has 0 saturated carbocycles. The zero-order chi connectivity index (χ0) is 16.4. The molecule has 23 heavy (non-hydrogen) atoms. The summed E-state index contributed by atoms with van der Waals surface area (Å²) in [6.45, 7) is 1.58. The van der Waals surface area contributed by atoms with E-state index >= 15 is 0 Å². The molecule has 0 radical (unpaired) electrons. The second kappa shape index (κ2) is 6.86. The van der Waals surface area contributed by atoms with Gasteiger partial charge in [-0.15, -0.1) is 0 Å². The van der Waals surface area contributed by atoms with Crippen LogP contribution in [0.4, 0.5) is 0 Å². The van der Waals surface area contributed by atoms with Gasteiger partial charge in [-0.25, -0.2) is 0 Å². The van der Waals surface area contributed by atoms with E-state index in [1.165, 1.54) is 11.8 Å². The number of carbonyl (C=O) groups is 1. The fourth-order valence-electron chi connectivity index (χ4n) is 2.44. The van der Waals surface area contributed by atoms with Gasteiger partial charge < -0.3 is 9.32 Å². The molecule has 2 heterocycles. The molecule has 0 aliphatic carbocycles. The maximum Gasteiger partial charge on any atom is 0.266 e. The third-order valence-corrected chi connectivity index (χ3v) is 4.96. The van der Waals surface area contributed by atoms with E-state index in [0.717, 1.165) is 23.9 Å². The van der Waals surface area contributed by atoms with E-state index in [1.54, 1.807) is 11.0 Å². The monoisotopic (exact) mass is 346 g/mol. The Hall–Kier alpha value is -1.63. The molecule has 0 spiro atoms. The minimum Gasteiger partial charge on any atom is -0.457 e. The molecule has 0 N–H and O–H groups in total. The first-order valence-corrected chi connectivity index (χ1v) is 8.66. The van der Waals surface area contributed by atoms with Crippen LogP contribution in [0.1, 0.15) is 12.2 Å². The second-order valence-corrected chi connectivity index (χ2v) is 7.35. The summed E-state index contributed by atoms with van der Waals surface area (Å²) in [6.07, 6.45) is 2.68. The van der Waals surface area contributed by atoms with E-state index in [-0.39, 0.29) is 5.91 Å². The summed E-state index contributed by atoms with van der Waals surface area (Å²) in [4.78, 5) is 16.9. The molecule has 1 aromatic heterocycles. The highest BCUT2D eigenvalue weighted by molar-refractivity contribution is 8.26. The van der Waals surface area contributed by atoms with Crippen molar-refractivity contribution in [2.45, 2.75) is 6.42 Å². The van der Waals surface area contributed by atoms with Gasteiger partial charge in [-0.3, -0.25) is 9.69 Å². The molecule has 4 nitrogen and oxygen atoms in total. The lowest BCUT2D eigenvalue weighted by Gasteiger charge is -2.16. The van der Waals surface area contributed by atoms with Crippen LogP contribution in [-0.2, 0) is 4.79 Å². The summed E-state index contributed by atoms with van der Waals surface area (Å²) in [6, 6.07) is 9.74. The van der Waals surface area contributed by atoms with Crippen LogP contribution in [0.15, 0.2) is 39.7 Å². The third kappa shape index (κ3) is 3.65. The van der Waals surface area contributed by atoms with Crippen LogP contribution in [0.3, 0.4) is 0 Å². The lowest BCUT2D eigenvalue weighted by Crippen LogP contribution is -2.30. The molecule has 2 aromatic rings. The zero-order valence-corrected chi connectivity index (χ0v) is 14.7. The fourth-order valence-corrected chi connectivity index (χ4v) is 3.73. The van der Waals surface area contributed by atoms with Crippen molar-refractivity contribution in [3.05, 3.63) is 41.0 Å². The van der Waals surface area contributed by atoms with Crippen molar-refractivity contribution in [1.29, 1.82) is 0 Å². The quantitative estimate of drug-likeness (QED) is 0.611. The number of hydrogen-bond acceptors (Lipinski definition) is 5. The second-order valence-electron chi connectivity index (χ2n) is 5.68. The molecule has 1 fully saturated rings. The van der Waals surface area contributed by atoms with Gasteiger partial charge in [0.2, 0.25) is 0 Å². The number of benzene rings is 1. The number of para-hydroxylation sites is 1. The zero-order valence-electron chi connectivity index (χ0n) is 13.1. The van der Waals surface area contributed by atoms with Crippen LogP contribution in [0.5, 0.6) is 0 Å². The molecule has 1 saturated heterocycles. The molecular weight excluding hydrogens is 328 g/mol. The molecule has 1 amide bonds. The van der Waals surface area contributed by atoms with Crippen LogP contribution in [0.25, 0.3) is 17.0 Å². The summed E-state index contributed by atoms with van der Waals surface area (Å²) < 4.78 is 6.37. The molecule has 120 valence electrons. The summed E-state index contributed by atoms with van der Waals surface area (Å²) >= 11 is 6.68. The van der Waals surface area contributed by atoms with Gasteiger partial charge in [0.1, 0.15) is 15.7 Å². The van der Waals surface area contributed by atoms with Gasteiger partial charge in [0.05, 0.1) is 4.91 Å². The summed E-state index contributed by atoms with van der Waals surface area (Å²) in [7, 11) is 4.04. The van der Waals surface area contributed by atoms with Crippen molar-refractivity contribution < 1.29 is 9.21 Å². The number of furan rings is 1. The van der Waals surface area contributed by atoms with Crippen molar-refractivity contribution in [3.8, 4) is 0 Å². The van der Waals surface area contributed by atoms with E-state index in [9.17, 15) is 4.79 Å². The van der Waals surface area contributed by atoms with Gasteiger partial charge in [-0.05, 0) is 39.2 Å².